The molecule has 0 N–H and O–H groups in total. The fourth-order valence-electron chi connectivity index (χ4n) is 3.06. The Kier molecular flexibility index (Phi) is 6.79. The number of nitrogens with zero attached hydrogens (tertiary/aromatic N) is 1. The standard InChI is InChI=1S/C24H23F2NO3/c1-16-20(24(28)30-18-12-8-5-9-13-18)23(29-15-17-10-6-4-7-11-17)22(26)19(21(16)25)14-27(2)3/h4-13H,14-15H2,1-3H3. The number of ether oxygens (including phenoxy) is 2. The Hall–Kier alpha value is -3.25. The van der Waals surface area contributed by atoms with E-state index < -0.39 is 17.6 Å². The summed E-state index contributed by atoms with van der Waals surface area (Å²) in [5, 5.41) is 0. The molecule has 0 aromatic heterocycles. The van der Waals surface area contributed by atoms with E-state index in [1.54, 1.807) is 49.3 Å². The molecule has 0 amide bonds. The van der Waals surface area contributed by atoms with Crippen molar-refractivity contribution in [2.24, 2.45) is 0 Å². The molecular formula is C24H23F2NO3. The molecule has 0 saturated heterocycles. The van der Waals surface area contributed by atoms with E-state index in [1.165, 1.54) is 6.92 Å². The quantitative estimate of drug-likeness (QED) is 0.399. The highest BCUT2D eigenvalue weighted by Gasteiger charge is 2.29. The zero-order valence-electron chi connectivity index (χ0n) is 17.1. The topological polar surface area (TPSA) is 38.8 Å². The van der Waals surface area contributed by atoms with Crippen molar-refractivity contribution in [3.8, 4) is 11.5 Å². The summed E-state index contributed by atoms with van der Waals surface area (Å²) >= 11 is 0. The number of carbonyl (C=O) groups is 1. The van der Waals surface area contributed by atoms with Gasteiger partial charge in [-0.15, -0.1) is 0 Å². The van der Waals surface area contributed by atoms with E-state index in [2.05, 4.69) is 0 Å². The van der Waals surface area contributed by atoms with Crippen LogP contribution in [0.25, 0.3) is 0 Å². The van der Waals surface area contributed by atoms with Crippen LogP contribution in [0.3, 0.4) is 0 Å². The first-order valence-corrected chi connectivity index (χ1v) is 9.47. The third-order valence-electron chi connectivity index (χ3n) is 4.52. The van der Waals surface area contributed by atoms with E-state index in [0.29, 0.717) is 0 Å². The first-order chi connectivity index (χ1) is 14.4. The maximum Gasteiger partial charge on any atom is 0.347 e. The smallest absolute Gasteiger partial charge is 0.347 e. The Balaban J connectivity index is 2.04. The molecule has 0 aliphatic rings. The summed E-state index contributed by atoms with van der Waals surface area (Å²) < 4.78 is 41.4. The van der Waals surface area contributed by atoms with E-state index in [-0.39, 0.29) is 41.3 Å². The molecule has 156 valence electrons. The molecule has 0 aliphatic heterocycles. The van der Waals surface area contributed by atoms with Crippen LogP contribution in [-0.2, 0) is 13.2 Å². The molecule has 3 aromatic rings. The second-order valence-corrected chi connectivity index (χ2v) is 7.15. The van der Waals surface area contributed by atoms with Crippen LogP contribution in [0, 0.1) is 18.6 Å². The number of rotatable bonds is 7. The predicted molar refractivity (Wildman–Crippen MR) is 111 cm³/mol. The van der Waals surface area contributed by atoms with Gasteiger partial charge in [-0.05, 0) is 38.7 Å². The van der Waals surface area contributed by atoms with Crippen molar-refractivity contribution < 1.29 is 23.0 Å². The van der Waals surface area contributed by atoms with Gasteiger partial charge in [0.15, 0.2) is 11.6 Å². The summed E-state index contributed by atoms with van der Waals surface area (Å²) in [5.74, 6) is -2.60. The highest BCUT2D eigenvalue weighted by atomic mass is 19.1. The van der Waals surface area contributed by atoms with Gasteiger partial charge in [0.2, 0.25) is 0 Å². The lowest BCUT2D eigenvalue weighted by Gasteiger charge is -2.20. The van der Waals surface area contributed by atoms with Gasteiger partial charge in [0.1, 0.15) is 23.7 Å². The van der Waals surface area contributed by atoms with Crippen molar-refractivity contribution in [3.63, 3.8) is 0 Å². The van der Waals surface area contributed by atoms with Crippen LogP contribution in [0.15, 0.2) is 60.7 Å². The Morgan fingerprint density at radius 3 is 2.13 bits per heavy atom. The third-order valence-corrected chi connectivity index (χ3v) is 4.52. The van der Waals surface area contributed by atoms with Crippen molar-refractivity contribution in [3.05, 3.63) is 94.6 Å². The van der Waals surface area contributed by atoms with Crippen molar-refractivity contribution in [2.75, 3.05) is 14.1 Å². The molecule has 0 unspecified atom stereocenters. The molecule has 0 bridgehead atoms. The lowest BCUT2D eigenvalue weighted by atomic mass is 10.0. The Morgan fingerprint density at radius 1 is 0.933 bits per heavy atom. The molecule has 4 nitrogen and oxygen atoms in total. The van der Waals surface area contributed by atoms with Gasteiger partial charge in [0.25, 0.3) is 0 Å². The van der Waals surface area contributed by atoms with Crippen LogP contribution in [-0.4, -0.2) is 25.0 Å². The van der Waals surface area contributed by atoms with Gasteiger partial charge in [-0.1, -0.05) is 48.5 Å². The molecule has 3 rings (SSSR count). The van der Waals surface area contributed by atoms with E-state index in [4.69, 9.17) is 9.47 Å². The van der Waals surface area contributed by atoms with Crippen molar-refractivity contribution in [2.45, 2.75) is 20.1 Å². The molecule has 0 aliphatic carbocycles. The fraction of sp³-hybridized carbons (Fsp3) is 0.208. The first-order valence-electron chi connectivity index (χ1n) is 9.47. The molecule has 30 heavy (non-hydrogen) atoms. The van der Waals surface area contributed by atoms with E-state index in [1.807, 2.05) is 30.3 Å². The second-order valence-electron chi connectivity index (χ2n) is 7.15. The van der Waals surface area contributed by atoms with Gasteiger partial charge in [-0.2, -0.15) is 0 Å². The van der Waals surface area contributed by atoms with Crippen LogP contribution >= 0.6 is 0 Å². The van der Waals surface area contributed by atoms with E-state index in [0.717, 1.165) is 5.56 Å². The molecule has 0 heterocycles. The van der Waals surface area contributed by atoms with Gasteiger partial charge < -0.3 is 14.4 Å². The van der Waals surface area contributed by atoms with Crippen LogP contribution in [0.1, 0.15) is 27.0 Å². The van der Waals surface area contributed by atoms with Gasteiger partial charge >= 0.3 is 5.97 Å². The fourth-order valence-corrected chi connectivity index (χ4v) is 3.06. The van der Waals surface area contributed by atoms with Crippen molar-refractivity contribution in [1.29, 1.82) is 0 Å². The zero-order valence-corrected chi connectivity index (χ0v) is 17.1. The summed E-state index contributed by atoms with van der Waals surface area (Å²) in [6.45, 7) is 1.47. The highest BCUT2D eigenvalue weighted by Crippen LogP contribution is 2.34. The average molecular weight is 411 g/mol. The van der Waals surface area contributed by atoms with Crippen molar-refractivity contribution >= 4 is 5.97 Å². The summed E-state index contributed by atoms with van der Waals surface area (Å²) in [6, 6.07) is 17.5. The summed E-state index contributed by atoms with van der Waals surface area (Å²) in [5.41, 5.74) is 0.358. The van der Waals surface area contributed by atoms with Gasteiger partial charge in [0, 0.05) is 17.7 Å². The van der Waals surface area contributed by atoms with Gasteiger partial charge in [-0.25, -0.2) is 13.6 Å². The predicted octanol–water partition coefficient (Wildman–Crippen LogP) is 5.13. The molecule has 0 saturated carbocycles. The Bertz CT molecular complexity index is 1020. The van der Waals surface area contributed by atoms with E-state index >= 15 is 4.39 Å². The normalized spacial score (nSPS) is 10.9. The maximum atomic E-state index is 15.3. The maximum absolute atomic E-state index is 15.3. The largest absolute Gasteiger partial charge is 0.485 e. The Labute approximate surface area is 174 Å². The average Bonchev–Trinajstić information content (AvgIpc) is 2.74. The number of hydrogen-bond acceptors (Lipinski definition) is 4. The third kappa shape index (κ3) is 4.83. The van der Waals surface area contributed by atoms with Gasteiger partial charge in [-0.3, -0.25) is 0 Å². The minimum Gasteiger partial charge on any atom is -0.485 e. The lowest BCUT2D eigenvalue weighted by molar-refractivity contribution is 0.0726. The molecule has 0 fully saturated rings. The summed E-state index contributed by atoms with van der Waals surface area (Å²) in [7, 11) is 3.41. The molecule has 6 heteroatoms. The Morgan fingerprint density at radius 2 is 1.53 bits per heavy atom. The van der Waals surface area contributed by atoms with Crippen LogP contribution < -0.4 is 9.47 Å². The lowest BCUT2D eigenvalue weighted by Crippen LogP contribution is -2.20. The minimum atomic E-state index is -0.900. The summed E-state index contributed by atoms with van der Waals surface area (Å²) in [6.07, 6.45) is 0. The SMILES string of the molecule is Cc1c(F)c(CN(C)C)c(F)c(OCc2ccccc2)c1C(=O)Oc1ccccc1. The first kappa shape index (κ1) is 21.5. The van der Waals surface area contributed by atoms with E-state index in [9.17, 15) is 9.18 Å². The van der Waals surface area contributed by atoms with Gasteiger partial charge in [0.05, 0.1) is 0 Å². The monoisotopic (exact) mass is 411 g/mol. The molecule has 3 aromatic carbocycles. The summed E-state index contributed by atoms with van der Waals surface area (Å²) in [4.78, 5) is 14.5. The van der Waals surface area contributed by atoms with Crippen LogP contribution in [0.5, 0.6) is 11.5 Å². The molecular weight excluding hydrogens is 388 g/mol. The molecule has 0 radical (unpaired) electrons. The number of carbonyl (C=O) groups excluding carboxylic acids is 1. The number of esters is 1. The second kappa shape index (κ2) is 9.50. The number of para-hydroxylation sites is 1. The van der Waals surface area contributed by atoms with Crippen LogP contribution in [0.2, 0.25) is 0 Å². The van der Waals surface area contributed by atoms with Crippen LogP contribution in [0.4, 0.5) is 8.78 Å². The molecule has 0 spiro atoms. The highest BCUT2D eigenvalue weighted by molar-refractivity contribution is 5.96. The number of halogens is 2. The van der Waals surface area contributed by atoms with Crippen molar-refractivity contribution in [1.82, 2.24) is 4.90 Å². The zero-order chi connectivity index (χ0) is 21.7. The molecule has 0 atom stereocenters. The minimum absolute atomic E-state index is 0.0164. The number of benzene rings is 3. The number of hydrogen-bond donors (Lipinski definition) is 0.